The Kier molecular flexibility index (Phi) is 1.33. The van der Waals surface area contributed by atoms with E-state index in [4.69, 9.17) is 5.79 Å². The number of hydrogen-bond acceptors (Lipinski definition) is 3. The van der Waals surface area contributed by atoms with Crippen LogP contribution in [0.25, 0.3) is 11.1 Å². The fourth-order valence-corrected chi connectivity index (χ4v) is 1.21. The van der Waals surface area contributed by atoms with E-state index >= 15 is 0 Å². The van der Waals surface area contributed by atoms with E-state index in [0.717, 1.165) is 11.1 Å². The smallest absolute Gasteiger partial charge is 0.229 e. The van der Waals surface area contributed by atoms with Crippen LogP contribution in [0.4, 0.5) is 0 Å². The molecule has 0 aliphatic rings. The Hall–Kier alpha value is -1.38. The molecule has 0 aliphatic heterocycles. The van der Waals surface area contributed by atoms with Gasteiger partial charge in [0.05, 0.1) is 17.3 Å². The largest absolute Gasteiger partial charge is 0.446 e. The van der Waals surface area contributed by atoms with E-state index in [1.54, 1.807) is 6.07 Å². The Labute approximate surface area is 71.8 Å². The molecule has 0 atom stereocenters. The maximum absolute atomic E-state index is 7.33. The minimum absolute atomic E-state index is 0.136. The van der Waals surface area contributed by atoms with Gasteiger partial charge in [0.25, 0.3) is 0 Å². The average Bonchev–Trinajstić information content (AvgIpc) is 2.43. The summed E-state index contributed by atoms with van der Waals surface area (Å²) in [5.74, 6) is 0.322. The fourth-order valence-electron chi connectivity index (χ4n) is 1.21. The summed E-state index contributed by atoms with van der Waals surface area (Å²) >= 11 is 0. The Bertz CT molecular complexity index is 436. The number of fused-ring (bicyclic) bond motifs is 1. The topological polar surface area (TPSA) is 38.9 Å². The van der Waals surface area contributed by atoms with Crippen LogP contribution >= 0.6 is 0 Å². The van der Waals surface area contributed by atoms with E-state index in [1.165, 1.54) is 6.33 Å². The van der Waals surface area contributed by atoms with Crippen molar-refractivity contribution in [1.29, 1.82) is 0 Å². The van der Waals surface area contributed by atoms with Crippen LogP contribution in [-0.2, 0) is 0 Å². The molecule has 0 aliphatic carbocycles. The summed E-state index contributed by atoms with van der Waals surface area (Å²) < 4.78 is 12.4. The summed E-state index contributed by atoms with van der Waals surface area (Å²) in [6.45, 7) is 4.11. The molecule has 0 bridgehead atoms. The Balaban J connectivity index is 2.75. The van der Waals surface area contributed by atoms with Crippen molar-refractivity contribution in [3.63, 3.8) is 0 Å². The molecule has 0 saturated heterocycles. The van der Waals surface area contributed by atoms with Crippen molar-refractivity contribution >= 4 is 11.1 Å². The van der Waals surface area contributed by atoms with E-state index in [0.29, 0.717) is 11.6 Å². The third-order valence-corrected chi connectivity index (χ3v) is 1.78. The number of nitrogens with zero attached hydrogens (tertiary/aromatic N) is 2. The van der Waals surface area contributed by atoms with Crippen molar-refractivity contribution in [2.75, 3.05) is 0 Å². The van der Waals surface area contributed by atoms with Crippen molar-refractivity contribution in [3.05, 3.63) is 24.3 Å². The third kappa shape index (κ3) is 0.978. The molecule has 2 aromatic rings. The normalized spacial score (nSPS) is 12.4. The maximum Gasteiger partial charge on any atom is 0.229 e. The van der Waals surface area contributed by atoms with Crippen LogP contribution in [0.15, 0.2) is 23.1 Å². The van der Waals surface area contributed by atoms with Crippen LogP contribution in [0.2, 0.25) is 0 Å². The summed E-state index contributed by atoms with van der Waals surface area (Å²) in [5, 5.41) is 0.850. The van der Waals surface area contributed by atoms with Gasteiger partial charge in [-0.1, -0.05) is 13.8 Å². The monoisotopic (exact) mass is 163 g/mol. The molecule has 62 valence electrons. The van der Waals surface area contributed by atoms with Crippen LogP contribution in [-0.4, -0.2) is 9.97 Å². The van der Waals surface area contributed by atoms with Crippen LogP contribution in [0.5, 0.6) is 0 Å². The molecule has 2 heterocycles. The first-order valence-corrected chi connectivity index (χ1v) is 3.89. The molecular formula is C9H10N2O. The lowest BCUT2D eigenvalue weighted by molar-refractivity contribution is 0.601. The van der Waals surface area contributed by atoms with E-state index in [9.17, 15) is 0 Å². The second kappa shape index (κ2) is 2.59. The number of furan rings is 1. The predicted molar refractivity (Wildman–Crippen MR) is 45.9 cm³/mol. The summed E-state index contributed by atoms with van der Waals surface area (Å²) in [5.41, 5.74) is 1.44. The Morgan fingerprint density at radius 1 is 1.50 bits per heavy atom. The number of rotatable bonds is 1. The van der Waals surface area contributed by atoms with Gasteiger partial charge in [0.2, 0.25) is 5.71 Å². The molecule has 3 heteroatoms. The van der Waals surface area contributed by atoms with Crippen LogP contribution in [0, 0.1) is 0 Å². The lowest BCUT2D eigenvalue weighted by atomic mass is 10.1. The molecule has 12 heavy (non-hydrogen) atoms. The first-order valence-electron chi connectivity index (χ1n) is 4.39. The Morgan fingerprint density at radius 3 is 3.08 bits per heavy atom. The van der Waals surface area contributed by atoms with Crippen molar-refractivity contribution < 1.29 is 5.79 Å². The van der Waals surface area contributed by atoms with Crippen molar-refractivity contribution in [3.8, 4) is 0 Å². The number of hydrogen-bond donors (Lipinski definition) is 0. The van der Waals surface area contributed by atoms with Gasteiger partial charge in [-0.2, -0.15) is 0 Å². The van der Waals surface area contributed by atoms with Gasteiger partial charge in [0.1, 0.15) is 7.70 Å². The van der Waals surface area contributed by atoms with Crippen LogP contribution in [0.1, 0.15) is 26.8 Å². The average molecular weight is 163 g/mol. The second-order valence-electron chi connectivity index (χ2n) is 3.00. The first kappa shape index (κ1) is 6.17. The van der Waals surface area contributed by atoms with Crippen molar-refractivity contribution in [2.24, 2.45) is 0 Å². The molecule has 0 saturated carbocycles. The van der Waals surface area contributed by atoms with Crippen LogP contribution in [0.3, 0.4) is 0 Å². The standard InChI is InChI=1S/C9H10N2O/c1-6(2)8-7-3-4-12-9(7)11-5-10-8/h3-6H,1-2H3/i4D. The van der Waals surface area contributed by atoms with Gasteiger partial charge in [-0.3, -0.25) is 0 Å². The van der Waals surface area contributed by atoms with Gasteiger partial charge < -0.3 is 4.42 Å². The highest BCUT2D eigenvalue weighted by Crippen LogP contribution is 2.21. The molecule has 0 N–H and O–H groups in total. The molecule has 0 spiro atoms. The third-order valence-electron chi connectivity index (χ3n) is 1.78. The van der Waals surface area contributed by atoms with Gasteiger partial charge in [-0.05, 0) is 12.0 Å². The highest BCUT2D eigenvalue weighted by molar-refractivity contribution is 5.75. The molecule has 3 nitrogen and oxygen atoms in total. The van der Waals surface area contributed by atoms with E-state index in [-0.39, 0.29) is 6.24 Å². The maximum atomic E-state index is 7.33. The zero-order chi connectivity index (χ0) is 9.42. The van der Waals surface area contributed by atoms with Gasteiger partial charge >= 0.3 is 0 Å². The first-order chi connectivity index (χ1) is 6.18. The van der Waals surface area contributed by atoms with E-state index in [1.807, 2.05) is 0 Å². The number of aromatic nitrogens is 2. The van der Waals surface area contributed by atoms with E-state index < -0.39 is 0 Å². The molecule has 0 aromatic carbocycles. The van der Waals surface area contributed by atoms with Gasteiger partial charge in [0.15, 0.2) is 0 Å². The minimum Gasteiger partial charge on any atom is -0.446 e. The zero-order valence-electron chi connectivity index (χ0n) is 8.03. The lowest BCUT2D eigenvalue weighted by Crippen LogP contribution is -1.93. The highest BCUT2D eigenvalue weighted by atomic mass is 16.3. The molecule has 0 radical (unpaired) electrons. The quantitative estimate of drug-likeness (QED) is 0.647. The zero-order valence-corrected chi connectivity index (χ0v) is 7.03. The minimum atomic E-state index is 0.136. The molecule has 2 aromatic heterocycles. The predicted octanol–water partition coefficient (Wildman–Crippen LogP) is 2.35. The second-order valence-corrected chi connectivity index (χ2v) is 3.00. The van der Waals surface area contributed by atoms with Crippen molar-refractivity contribution in [2.45, 2.75) is 19.8 Å². The summed E-state index contributed by atoms with van der Waals surface area (Å²) in [7, 11) is 0. The van der Waals surface area contributed by atoms with Gasteiger partial charge in [-0.15, -0.1) is 0 Å². The highest BCUT2D eigenvalue weighted by Gasteiger charge is 2.08. The summed E-state index contributed by atoms with van der Waals surface area (Å²) in [4.78, 5) is 8.11. The van der Waals surface area contributed by atoms with E-state index in [2.05, 4.69) is 23.8 Å². The summed E-state index contributed by atoms with van der Waals surface area (Å²) in [6, 6.07) is 1.66. The summed E-state index contributed by atoms with van der Waals surface area (Å²) in [6.07, 6.45) is 1.61. The van der Waals surface area contributed by atoms with Gasteiger partial charge in [-0.25, -0.2) is 9.97 Å². The Morgan fingerprint density at radius 2 is 2.33 bits per heavy atom. The van der Waals surface area contributed by atoms with Crippen molar-refractivity contribution in [1.82, 2.24) is 9.97 Å². The molecule has 2 rings (SSSR count). The fraction of sp³-hybridized carbons (Fsp3) is 0.333. The van der Waals surface area contributed by atoms with Gasteiger partial charge in [0, 0.05) is 0 Å². The molecule has 0 fully saturated rings. The molecule has 0 unspecified atom stereocenters. The lowest BCUT2D eigenvalue weighted by Gasteiger charge is -2.02. The molecular weight excluding hydrogens is 152 g/mol. The molecule has 0 amide bonds. The SMILES string of the molecule is [2H]c1cc2c(C(C)C)ncnc2o1. The van der Waals surface area contributed by atoms with Crippen LogP contribution < -0.4 is 0 Å².